The summed E-state index contributed by atoms with van der Waals surface area (Å²) in [4.78, 5) is 31.5. The number of ether oxygens (including phenoxy) is 3. The summed E-state index contributed by atoms with van der Waals surface area (Å²) >= 11 is 0. The van der Waals surface area contributed by atoms with E-state index in [-0.39, 0.29) is 18.4 Å². The fraction of sp³-hybridized carbons (Fsp3) is 0.303. The van der Waals surface area contributed by atoms with Crippen LogP contribution < -0.4 is 9.47 Å². The summed E-state index contributed by atoms with van der Waals surface area (Å²) in [6.07, 6.45) is 2.56. The van der Waals surface area contributed by atoms with E-state index >= 15 is 0 Å². The summed E-state index contributed by atoms with van der Waals surface area (Å²) in [6.45, 7) is 2.51. The Morgan fingerprint density at radius 1 is 0.923 bits per heavy atom. The molecule has 0 bridgehead atoms. The molecular formula is C33H33NO5. The van der Waals surface area contributed by atoms with E-state index in [0.717, 1.165) is 35.2 Å². The second-order valence-electron chi connectivity index (χ2n) is 9.93. The first-order valence-electron chi connectivity index (χ1n) is 13.4. The van der Waals surface area contributed by atoms with Crippen LogP contribution in [0.3, 0.4) is 0 Å². The zero-order valence-corrected chi connectivity index (χ0v) is 22.4. The van der Waals surface area contributed by atoms with Gasteiger partial charge in [-0.05, 0) is 48.6 Å². The Morgan fingerprint density at radius 2 is 1.64 bits per heavy atom. The van der Waals surface area contributed by atoms with Gasteiger partial charge in [0.2, 0.25) is 0 Å². The molecule has 6 nitrogen and oxygen atoms in total. The van der Waals surface area contributed by atoms with Gasteiger partial charge in [0.05, 0.1) is 13.7 Å². The van der Waals surface area contributed by atoms with Gasteiger partial charge in [-0.3, -0.25) is 14.6 Å². The first-order valence-corrected chi connectivity index (χ1v) is 13.4. The highest BCUT2D eigenvalue weighted by molar-refractivity contribution is 6.08. The van der Waals surface area contributed by atoms with Gasteiger partial charge in [0.1, 0.15) is 12.5 Å². The van der Waals surface area contributed by atoms with Crippen molar-refractivity contribution in [2.45, 2.75) is 45.1 Å². The van der Waals surface area contributed by atoms with E-state index < -0.39 is 11.8 Å². The number of hydrogen-bond acceptors (Lipinski definition) is 6. The molecule has 0 spiro atoms. The topological polar surface area (TPSA) is 74.2 Å². The Morgan fingerprint density at radius 3 is 2.36 bits per heavy atom. The number of Topliss-reactive ketones (excluding diaryl/α,β-unsaturated/α-hetero) is 1. The molecule has 1 unspecified atom stereocenters. The third-order valence-electron chi connectivity index (χ3n) is 7.35. The van der Waals surface area contributed by atoms with Crippen LogP contribution >= 0.6 is 0 Å². The number of ketones is 1. The molecule has 0 saturated carbocycles. The van der Waals surface area contributed by atoms with Crippen molar-refractivity contribution >= 4 is 17.5 Å². The van der Waals surface area contributed by atoms with Gasteiger partial charge in [0.15, 0.2) is 17.3 Å². The van der Waals surface area contributed by atoms with Gasteiger partial charge in [-0.25, -0.2) is 0 Å². The molecule has 3 aromatic rings. The van der Waals surface area contributed by atoms with Crippen LogP contribution in [0.15, 0.2) is 95.1 Å². The number of carbonyl (C=O) groups is 2. The van der Waals surface area contributed by atoms with Crippen molar-refractivity contribution in [2.24, 2.45) is 10.9 Å². The van der Waals surface area contributed by atoms with Crippen molar-refractivity contribution in [3.63, 3.8) is 0 Å². The molecule has 200 valence electrons. The number of aliphatic imine (C=N–C) groups is 1. The Labute approximate surface area is 229 Å². The van der Waals surface area contributed by atoms with Crippen LogP contribution in [0.5, 0.6) is 11.5 Å². The van der Waals surface area contributed by atoms with Crippen LogP contribution in [0, 0.1) is 5.92 Å². The third-order valence-corrected chi connectivity index (χ3v) is 7.35. The standard InChI is InChI=1S/C33H33NO5/c1-22-30(33(36)38-19-18-23-10-5-3-6-11-23)31(32-26(34-22)14-9-15-27(32)35)25-16-17-28(29(20-25)37-2)39-21-24-12-7-4-8-13-24/h3-8,10-13,16-17,20,30-31H,9,14-15,18-19,21H2,1-2H3/t30?,31-/m1/s1. The van der Waals surface area contributed by atoms with Crippen molar-refractivity contribution in [3.8, 4) is 11.5 Å². The molecule has 5 rings (SSSR count). The molecule has 2 atom stereocenters. The maximum Gasteiger partial charge on any atom is 0.315 e. The maximum absolute atomic E-state index is 13.6. The van der Waals surface area contributed by atoms with Gasteiger partial charge in [0.25, 0.3) is 0 Å². The smallest absolute Gasteiger partial charge is 0.315 e. The normalized spacial score (nSPS) is 18.7. The predicted octanol–water partition coefficient (Wildman–Crippen LogP) is 6.24. The average molecular weight is 524 g/mol. The molecule has 0 amide bonds. The Bertz CT molecular complexity index is 1390. The van der Waals surface area contributed by atoms with Gasteiger partial charge in [-0.15, -0.1) is 0 Å². The SMILES string of the molecule is COc1cc([C@H]2C3=C(CCCC3=O)N=C(C)C2C(=O)OCCc2ccccc2)ccc1OCc1ccccc1. The van der Waals surface area contributed by atoms with Crippen LogP contribution in [0.1, 0.15) is 48.8 Å². The lowest BCUT2D eigenvalue weighted by atomic mass is 9.71. The fourth-order valence-electron chi connectivity index (χ4n) is 5.41. The monoisotopic (exact) mass is 523 g/mol. The van der Waals surface area contributed by atoms with Crippen molar-refractivity contribution in [1.29, 1.82) is 0 Å². The second-order valence-corrected chi connectivity index (χ2v) is 9.93. The minimum Gasteiger partial charge on any atom is -0.493 e. The van der Waals surface area contributed by atoms with Gasteiger partial charge in [-0.1, -0.05) is 66.7 Å². The van der Waals surface area contributed by atoms with Crippen molar-refractivity contribution in [3.05, 3.63) is 107 Å². The minimum absolute atomic E-state index is 0.0444. The first kappa shape index (κ1) is 26.4. The third kappa shape index (κ3) is 5.95. The van der Waals surface area contributed by atoms with E-state index in [1.807, 2.05) is 85.8 Å². The lowest BCUT2D eigenvalue weighted by Crippen LogP contribution is -2.37. The molecule has 1 heterocycles. The molecule has 0 aromatic heterocycles. The van der Waals surface area contributed by atoms with Gasteiger partial charge >= 0.3 is 5.97 Å². The number of allylic oxidation sites excluding steroid dienone is 2. The van der Waals surface area contributed by atoms with Gasteiger partial charge in [-0.2, -0.15) is 0 Å². The van der Waals surface area contributed by atoms with Crippen LogP contribution in [0.2, 0.25) is 0 Å². The average Bonchev–Trinajstić information content (AvgIpc) is 2.96. The number of rotatable bonds is 9. The van der Waals surface area contributed by atoms with E-state index in [9.17, 15) is 9.59 Å². The lowest BCUT2D eigenvalue weighted by molar-refractivity contribution is -0.146. The van der Waals surface area contributed by atoms with Crippen LogP contribution in [-0.4, -0.2) is 31.2 Å². The summed E-state index contributed by atoms with van der Waals surface area (Å²) in [5, 5.41) is 0. The number of hydrogen-bond donors (Lipinski definition) is 0. The van der Waals surface area contributed by atoms with E-state index in [1.165, 1.54) is 0 Å². The number of benzene rings is 3. The molecule has 2 aliphatic rings. The Hall–Kier alpha value is -4.19. The maximum atomic E-state index is 13.6. The molecule has 0 fully saturated rings. The highest BCUT2D eigenvalue weighted by atomic mass is 16.5. The second kappa shape index (κ2) is 12.1. The Balaban J connectivity index is 1.43. The molecule has 0 N–H and O–H groups in total. The first-order chi connectivity index (χ1) is 19.0. The van der Waals surface area contributed by atoms with E-state index in [2.05, 4.69) is 0 Å². The highest BCUT2D eigenvalue weighted by Gasteiger charge is 2.43. The number of esters is 1. The van der Waals surface area contributed by atoms with E-state index in [0.29, 0.717) is 42.2 Å². The van der Waals surface area contributed by atoms with Crippen molar-refractivity contribution in [2.75, 3.05) is 13.7 Å². The summed E-state index contributed by atoms with van der Waals surface area (Å²) < 4.78 is 17.5. The van der Waals surface area contributed by atoms with Crippen LogP contribution in [0.4, 0.5) is 0 Å². The summed E-state index contributed by atoms with van der Waals surface area (Å²) in [5.74, 6) is -0.370. The molecule has 0 saturated heterocycles. The zero-order valence-electron chi connectivity index (χ0n) is 22.4. The van der Waals surface area contributed by atoms with E-state index in [4.69, 9.17) is 19.2 Å². The van der Waals surface area contributed by atoms with Gasteiger partial charge < -0.3 is 14.2 Å². The summed E-state index contributed by atoms with van der Waals surface area (Å²) in [6, 6.07) is 25.5. The number of methoxy groups -OCH3 is 1. The fourth-order valence-corrected chi connectivity index (χ4v) is 5.41. The quantitative estimate of drug-likeness (QED) is 0.310. The summed E-state index contributed by atoms with van der Waals surface area (Å²) in [7, 11) is 1.59. The summed E-state index contributed by atoms with van der Waals surface area (Å²) in [5.41, 5.74) is 5.02. The molecule has 39 heavy (non-hydrogen) atoms. The van der Waals surface area contributed by atoms with Crippen molar-refractivity contribution < 1.29 is 23.8 Å². The molecule has 6 heteroatoms. The molecule has 3 aromatic carbocycles. The largest absolute Gasteiger partial charge is 0.493 e. The molecular weight excluding hydrogens is 490 g/mol. The predicted molar refractivity (Wildman–Crippen MR) is 150 cm³/mol. The molecule has 1 aliphatic carbocycles. The number of nitrogens with zero attached hydrogens (tertiary/aromatic N) is 1. The van der Waals surface area contributed by atoms with Crippen LogP contribution in [0.25, 0.3) is 0 Å². The minimum atomic E-state index is -0.692. The zero-order chi connectivity index (χ0) is 27.2. The Kier molecular flexibility index (Phi) is 8.21. The van der Waals surface area contributed by atoms with Crippen molar-refractivity contribution in [1.82, 2.24) is 0 Å². The number of carbonyl (C=O) groups excluding carboxylic acids is 2. The van der Waals surface area contributed by atoms with E-state index in [1.54, 1.807) is 7.11 Å². The molecule has 1 aliphatic heterocycles. The molecule has 0 radical (unpaired) electrons. The van der Waals surface area contributed by atoms with Gasteiger partial charge in [0, 0.05) is 35.7 Å². The highest BCUT2D eigenvalue weighted by Crippen LogP contribution is 2.45. The lowest BCUT2D eigenvalue weighted by Gasteiger charge is -2.34. The van der Waals surface area contributed by atoms with Crippen LogP contribution in [-0.2, 0) is 27.4 Å².